The number of carbonyl (C=O) groups is 2. The Bertz CT molecular complexity index is 1040. The number of aliphatic hydroxyl groups is 1. The number of anilines is 1. The molecule has 2 aromatic carbocycles. The number of benzene rings is 2. The number of Topliss-reactive ketones (excluding diaryl/α,β-unsaturated/α-hetero) is 1. The molecule has 3 rings (SSSR count). The van der Waals surface area contributed by atoms with Gasteiger partial charge in [0.25, 0.3) is 0 Å². The predicted molar refractivity (Wildman–Crippen MR) is 138 cm³/mol. The van der Waals surface area contributed by atoms with Crippen molar-refractivity contribution in [2.75, 3.05) is 5.73 Å². The number of thioether (sulfide) groups is 1. The van der Waals surface area contributed by atoms with Crippen LogP contribution in [0, 0.1) is 18.8 Å². The van der Waals surface area contributed by atoms with Gasteiger partial charge in [-0.2, -0.15) is 0 Å². The maximum atomic E-state index is 13.7. The van der Waals surface area contributed by atoms with Crippen LogP contribution in [0.1, 0.15) is 63.3 Å². The Morgan fingerprint density at radius 3 is 2.32 bits per heavy atom. The van der Waals surface area contributed by atoms with E-state index in [4.69, 9.17) is 10.5 Å². The van der Waals surface area contributed by atoms with Crippen LogP contribution in [-0.4, -0.2) is 28.2 Å². The third kappa shape index (κ3) is 5.84. The van der Waals surface area contributed by atoms with Crippen molar-refractivity contribution >= 4 is 29.2 Å². The lowest BCUT2D eigenvalue weighted by atomic mass is 9.82. The lowest BCUT2D eigenvalue weighted by Gasteiger charge is -2.36. The van der Waals surface area contributed by atoms with Crippen LogP contribution in [0.2, 0.25) is 0 Å². The van der Waals surface area contributed by atoms with E-state index in [0.29, 0.717) is 18.5 Å². The number of rotatable bonds is 7. The van der Waals surface area contributed by atoms with Crippen molar-refractivity contribution in [1.29, 1.82) is 0 Å². The maximum Gasteiger partial charge on any atom is 0.327 e. The largest absolute Gasteiger partial charge is 0.460 e. The van der Waals surface area contributed by atoms with Gasteiger partial charge in [-0.15, -0.1) is 11.8 Å². The van der Waals surface area contributed by atoms with Crippen LogP contribution < -0.4 is 5.73 Å². The fourth-order valence-electron chi connectivity index (χ4n) is 4.48. The monoisotopic (exact) mass is 483 g/mol. The van der Waals surface area contributed by atoms with Crippen LogP contribution in [0.5, 0.6) is 0 Å². The second-order valence-electron chi connectivity index (χ2n) is 10.6. The zero-order valence-corrected chi connectivity index (χ0v) is 21.9. The molecule has 0 amide bonds. The van der Waals surface area contributed by atoms with E-state index in [0.717, 1.165) is 27.1 Å². The summed E-state index contributed by atoms with van der Waals surface area (Å²) in [5.74, 6) is -0.824. The van der Waals surface area contributed by atoms with Crippen LogP contribution in [0.4, 0.5) is 5.69 Å². The van der Waals surface area contributed by atoms with Gasteiger partial charge in [0, 0.05) is 10.6 Å². The van der Waals surface area contributed by atoms with Gasteiger partial charge in [0.2, 0.25) is 0 Å². The first-order valence-electron chi connectivity index (χ1n) is 11.9. The number of carbonyl (C=O) groups excluding carboxylic acids is 2. The molecule has 1 fully saturated rings. The summed E-state index contributed by atoms with van der Waals surface area (Å²) in [6, 6.07) is 11.7. The van der Waals surface area contributed by atoms with Crippen molar-refractivity contribution in [2.45, 2.75) is 82.7 Å². The molecule has 1 saturated heterocycles. The first-order valence-corrected chi connectivity index (χ1v) is 12.8. The first kappa shape index (κ1) is 26.3. The molecule has 0 aliphatic carbocycles. The molecule has 3 N–H and O–H groups in total. The summed E-state index contributed by atoms with van der Waals surface area (Å²) in [6.07, 6.45) is 0.905. The van der Waals surface area contributed by atoms with Gasteiger partial charge in [0.05, 0.1) is 12.5 Å². The normalized spacial score (nSPS) is 21.1. The first-order chi connectivity index (χ1) is 15.9. The number of ether oxygens (including phenoxy) is 1. The lowest BCUT2D eigenvalue weighted by molar-refractivity contribution is -0.165. The van der Waals surface area contributed by atoms with Gasteiger partial charge in [-0.25, -0.2) is 0 Å². The number of nitrogen functional groups attached to an aromatic ring is 1. The maximum absolute atomic E-state index is 13.7. The Hall–Kier alpha value is -2.31. The number of esters is 1. The predicted octanol–water partition coefficient (Wildman–Crippen LogP) is 5.23. The molecule has 1 aliphatic rings. The van der Waals surface area contributed by atoms with Crippen LogP contribution in [0.3, 0.4) is 0 Å². The topological polar surface area (TPSA) is 89.6 Å². The van der Waals surface area contributed by atoms with E-state index in [1.165, 1.54) is 11.8 Å². The summed E-state index contributed by atoms with van der Waals surface area (Å²) >= 11 is 1.29. The summed E-state index contributed by atoms with van der Waals surface area (Å²) in [5, 5.41) is 8.85. The van der Waals surface area contributed by atoms with Gasteiger partial charge >= 0.3 is 5.97 Å². The van der Waals surface area contributed by atoms with E-state index >= 15 is 0 Å². The van der Waals surface area contributed by atoms with Crippen molar-refractivity contribution in [3.05, 3.63) is 58.7 Å². The highest BCUT2D eigenvalue weighted by atomic mass is 32.2. The molecule has 0 radical (unpaired) electrons. The highest BCUT2D eigenvalue weighted by Crippen LogP contribution is 2.41. The molecule has 3 atom stereocenters. The Morgan fingerprint density at radius 1 is 1.12 bits per heavy atom. The fraction of sp³-hybridized carbons (Fsp3) is 0.500. The molecule has 0 spiro atoms. The summed E-state index contributed by atoms with van der Waals surface area (Å²) in [6.45, 7) is 12.1. The van der Waals surface area contributed by atoms with Crippen molar-refractivity contribution in [3.63, 3.8) is 0 Å². The van der Waals surface area contributed by atoms with E-state index < -0.39 is 17.3 Å². The molecule has 0 saturated carbocycles. The Kier molecular flexibility index (Phi) is 8.14. The Morgan fingerprint density at radius 2 is 1.76 bits per heavy atom. The molecule has 0 bridgehead atoms. The van der Waals surface area contributed by atoms with Crippen LogP contribution in [0.15, 0.2) is 41.3 Å². The summed E-state index contributed by atoms with van der Waals surface area (Å²) in [4.78, 5) is 27.6. The van der Waals surface area contributed by atoms with Gasteiger partial charge in [0.1, 0.15) is 6.10 Å². The fourth-order valence-corrected chi connectivity index (χ4v) is 5.91. The van der Waals surface area contributed by atoms with E-state index in [1.807, 2.05) is 57.2 Å². The molecular weight excluding hydrogens is 446 g/mol. The Labute approximate surface area is 207 Å². The number of nitrogens with two attached hydrogens (primary N) is 1. The highest BCUT2D eigenvalue weighted by molar-refractivity contribution is 8.01. The SMILES string of the molecule is Cc1cc(SC2C(=O)OC(C(C)C)C(CCc3ccc(N)cc3)C2=O)c(C(C)(C)C)cc1CO. The van der Waals surface area contributed by atoms with Gasteiger partial charge < -0.3 is 15.6 Å². The van der Waals surface area contributed by atoms with Crippen molar-refractivity contribution in [1.82, 2.24) is 0 Å². The number of aryl methyl sites for hydroxylation is 2. The molecule has 184 valence electrons. The zero-order chi connectivity index (χ0) is 25.2. The van der Waals surface area contributed by atoms with E-state index in [9.17, 15) is 14.7 Å². The number of aliphatic hydroxyl groups excluding tert-OH is 1. The molecule has 3 unspecified atom stereocenters. The van der Waals surface area contributed by atoms with E-state index in [1.54, 1.807) is 0 Å². The lowest BCUT2D eigenvalue weighted by Crippen LogP contribution is -2.50. The second kappa shape index (κ2) is 10.5. The van der Waals surface area contributed by atoms with Gasteiger partial charge in [-0.3, -0.25) is 9.59 Å². The third-order valence-corrected chi connectivity index (χ3v) is 7.78. The molecule has 0 aromatic heterocycles. The molecule has 1 aliphatic heterocycles. The molecular formula is C28H37NO4S. The number of hydrogen-bond donors (Lipinski definition) is 2. The summed E-state index contributed by atoms with van der Waals surface area (Å²) in [7, 11) is 0. The van der Waals surface area contributed by atoms with Crippen molar-refractivity contribution in [2.24, 2.45) is 11.8 Å². The van der Waals surface area contributed by atoms with Crippen LogP contribution in [-0.2, 0) is 32.8 Å². The quantitative estimate of drug-likeness (QED) is 0.319. The third-order valence-electron chi connectivity index (χ3n) is 6.53. The van der Waals surface area contributed by atoms with Gasteiger partial charge in [-0.1, -0.05) is 52.8 Å². The smallest absolute Gasteiger partial charge is 0.327 e. The number of hydrogen-bond acceptors (Lipinski definition) is 6. The molecule has 2 aromatic rings. The minimum Gasteiger partial charge on any atom is -0.460 e. The molecule has 6 heteroatoms. The average molecular weight is 484 g/mol. The molecule has 1 heterocycles. The number of ketones is 1. The molecule has 34 heavy (non-hydrogen) atoms. The van der Waals surface area contributed by atoms with E-state index in [2.05, 4.69) is 20.8 Å². The van der Waals surface area contributed by atoms with Gasteiger partial charge in [-0.05, 0) is 71.6 Å². The average Bonchev–Trinajstić information content (AvgIpc) is 2.76. The minimum atomic E-state index is -0.896. The number of cyclic esters (lactones) is 1. The minimum absolute atomic E-state index is 0.0477. The second-order valence-corrected chi connectivity index (χ2v) is 11.8. The standard InChI is InChI=1S/C28H37NO4S/c1-16(2)25-21(12-9-18-7-10-20(29)11-8-18)24(31)26(27(32)33-25)34-23-13-17(3)19(15-30)14-22(23)28(4,5)6/h7-8,10-11,13-14,16,21,25-26,30H,9,12,15,29H2,1-6H3. The summed E-state index contributed by atoms with van der Waals surface area (Å²) < 4.78 is 5.88. The Balaban J connectivity index is 1.90. The summed E-state index contributed by atoms with van der Waals surface area (Å²) in [5.41, 5.74) is 10.2. The van der Waals surface area contributed by atoms with Crippen LogP contribution in [0.25, 0.3) is 0 Å². The van der Waals surface area contributed by atoms with Crippen molar-refractivity contribution in [3.8, 4) is 0 Å². The highest BCUT2D eigenvalue weighted by Gasteiger charge is 2.46. The zero-order valence-electron chi connectivity index (χ0n) is 21.1. The van der Waals surface area contributed by atoms with Crippen LogP contribution >= 0.6 is 11.8 Å². The van der Waals surface area contributed by atoms with E-state index in [-0.39, 0.29) is 29.6 Å². The molecule has 5 nitrogen and oxygen atoms in total. The van der Waals surface area contributed by atoms with Gasteiger partial charge in [0.15, 0.2) is 11.0 Å². The van der Waals surface area contributed by atoms with Crippen molar-refractivity contribution < 1.29 is 19.4 Å².